The van der Waals surface area contributed by atoms with Gasteiger partial charge in [-0.25, -0.2) is 4.98 Å². The van der Waals surface area contributed by atoms with E-state index in [-0.39, 0.29) is 5.91 Å². The summed E-state index contributed by atoms with van der Waals surface area (Å²) in [6.07, 6.45) is 10.8. The highest BCUT2D eigenvalue weighted by molar-refractivity contribution is 5.92. The van der Waals surface area contributed by atoms with Crippen molar-refractivity contribution in [3.8, 4) is 5.75 Å². The molecule has 1 heterocycles. The van der Waals surface area contributed by atoms with Gasteiger partial charge < -0.3 is 15.4 Å². The largest absolute Gasteiger partial charge is 0.497 e. The average Bonchev–Trinajstić information content (AvgIpc) is 2.75. The van der Waals surface area contributed by atoms with Crippen molar-refractivity contribution in [2.75, 3.05) is 25.5 Å². The molecule has 148 valence electrons. The van der Waals surface area contributed by atoms with Crippen LogP contribution >= 0.6 is 0 Å². The second-order valence-electron chi connectivity index (χ2n) is 7.07. The second kappa shape index (κ2) is 10.5. The van der Waals surface area contributed by atoms with Crippen LogP contribution in [-0.4, -0.2) is 31.1 Å². The third kappa shape index (κ3) is 6.12. The van der Waals surface area contributed by atoms with Gasteiger partial charge in [-0.1, -0.05) is 23.8 Å². The minimum atomic E-state index is -0.112. The van der Waals surface area contributed by atoms with Crippen molar-refractivity contribution < 1.29 is 9.53 Å². The van der Waals surface area contributed by atoms with Gasteiger partial charge in [0, 0.05) is 13.1 Å². The summed E-state index contributed by atoms with van der Waals surface area (Å²) in [6.45, 7) is 1.46. The number of allylic oxidation sites excluding steroid dienone is 1. The van der Waals surface area contributed by atoms with Crippen LogP contribution < -0.4 is 15.4 Å². The van der Waals surface area contributed by atoms with Gasteiger partial charge in [0.2, 0.25) is 0 Å². The van der Waals surface area contributed by atoms with E-state index in [0.717, 1.165) is 30.8 Å². The van der Waals surface area contributed by atoms with Crippen LogP contribution in [0.2, 0.25) is 0 Å². The maximum Gasteiger partial charge on any atom is 0.269 e. The number of nitrogens with zero attached hydrogens (tertiary/aromatic N) is 1. The highest BCUT2D eigenvalue weighted by Gasteiger charge is 2.08. The molecule has 1 aliphatic rings. The third-order valence-electron chi connectivity index (χ3n) is 4.99. The predicted molar refractivity (Wildman–Crippen MR) is 113 cm³/mol. The first-order valence-electron chi connectivity index (χ1n) is 10.0. The Labute approximate surface area is 167 Å². The number of methoxy groups -OCH3 is 1. The van der Waals surface area contributed by atoms with Crippen molar-refractivity contribution in [3.05, 3.63) is 65.5 Å². The van der Waals surface area contributed by atoms with Crippen LogP contribution in [-0.2, 0) is 6.42 Å². The molecule has 1 aromatic heterocycles. The van der Waals surface area contributed by atoms with Gasteiger partial charge in [-0.2, -0.15) is 0 Å². The molecule has 0 fully saturated rings. The van der Waals surface area contributed by atoms with E-state index in [2.05, 4.69) is 27.8 Å². The van der Waals surface area contributed by atoms with Gasteiger partial charge in [-0.15, -0.1) is 0 Å². The van der Waals surface area contributed by atoms with E-state index in [9.17, 15) is 4.79 Å². The molecule has 0 unspecified atom stereocenters. The van der Waals surface area contributed by atoms with Gasteiger partial charge >= 0.3 is 0 Å². The number of hydrogen-bond donors (Lipinski definition) is 2. The Kier molecular flexibility index (Phi) is 7.47. The fraction of sp³-hybridized carbons (Fsp3) is 0.391. The standard InChI is InChI=1S/C23H29N3O2/c1-28-21-9-5-8-19(16-21)13-14-24-20-10-11-22(26-17-20)23(27)25-15-12-18-6-3-2-4-7-18/h5-6,8-11,16-17,24H,2-4,7,12-15H2,1H3,(H,25,27). The molecule has 0 saturated carbocycles. The molecule has 0 bridgehead atoms. The minimum absolute atomic E-state index is 0.112. The maximum absolute atomic E-state index is 12.2. The molecule has 5 nitrogen and oxygen atoms in total. The first kappa shape index (κ1) is 19.9. The average molecular weight is 380 g/mol. The topological polar surface area (TPSA) is 63.2 Å². The summed E-state index contributed by atoms with van der Waals surface area (Å²) >= 11 is 0. The number of benzene rings is 1. The van der Waals surface area contributed by atoms with Crippen molar-refractivity contribution in [2.45, 2.75) is 38.5 Å². The Morgan fingerprint density at radius 3 is 2.82 bits per heavy atom. The van der Waals surface area contributed by atoms with Gasteiger partial charge in [0.25, 0.3) is 5.91 Å². The van der Waals surface area contributed by atoms with Crippen LogP contribution in [0.3, 0.4) is 0 Å². The Hall–Kier alpha value is -2.82. The first-order valence-corrected chi connectivity index (χ1v) is 10.0. The molecule has 0 atom stereocenters. The number of carbonyl (C=O) groups excluding carboxylic acids is 1. The number of aromatic nitrogens is 1. The fourth-order valence-electron chi connectivity index (χ4n) is 3.37. The summed E-state index contributed by atoms with van der Waals surface area (Å²) < 4.78 is 5.25. The van der Waals surface area contributed by atoms with Crippen LogP contribution in [0.15, 0.2) is 54.2 Å². The molecule has 1 amide bonds. The molecule has 0 radical (unpaired) electrons. The summed E-state index contributed by atoms with van der Waals surface area (Å²) in [5.41, 5.74) is 4.04. The molecule has 0 aliphatic heterocycles. The van der Waals surface area contributed by atoms with Gasteiger partial charge in [0.1, 0.15) is 11.4 Å². The molecule has 0 saturated heterocycles. The molecule has 28 heavy (non-hydrogen) atoms. The molecule has 0 spiro atoms. The lowest BCUT2D eigenvalue weighted by Crippen LogP contribution is -2.25. The molecular weight excluding hydrogens is 350 g/mol. The van der Waals surface area contributed by atoms with Gasteiger partial charge in [-0.05, 0) is 68.4 Å². The summed E-state index contributed by atoms with van der Waals surface area (Å²) in [5.74, 6) is 0.758. The lowest BCUT2D eigenvalue weighted by molar-refractivity contribution is 0.0949. The van der Waals surface area contributed by atoms with Crippen LogP contribution in [0, 0.1) is 0 Å². The Morgan fingerprint density at radius 1 is 1.14 bits per heavy atom. The lowest BCUT2D eigenvalue weighted by atomic mass is 9.97. The molecule has 2 N–H and O–H groups in total. The van der Waals surface area contributed by atoms with Crippen LogP contribution in [0.1, 0.15) is 48.2 Å². The fourth-order valence-corrected chi connectivity index (χ4v) is 3.37. The number of carbonyl (C=O) groups is 1. The van der Waals surface area contributed by atoms with E-state index < -0.39 is 0 Å². The Bertz CT molecular complexity index is 800. The van der Waals surface area contributed by atoms with E-state index in [0.29, 0.717) is 12.2 Å². The predicted octanol–water partition coefficient (Wildman–Crippen LogP) is 4.37. The summed E-state index contributed by atoms with van der Waals surface area (Å²) in [7, 11) is 1.67. The van der Waals surface area contributed by atoms with Gasteiger partial charge in [0.15, 0.2) is 0 Å². The van der Waals surface area contributed by atoms with Crippen molar-refractivity contribution in [2.24, 2.45) is 0 Å². The molecular formula is C23H29N3O2. The number of pyridine rings is 1. The monoisotopic (exact) mass is 379 g/mol. The number of nitrogens with one attached hydrogen (secondary N) is 2. The number of ether oxygens (including phenoxy) is 1. The van der Waals surface area contributed by atoms with Crippen molar-refractivity contribution >= 4 is 11.6 Å². The first-order chi connectivity index (χ1) is 13.7. The van der Waals surface area contributed by atoms with E-state index >= 15 is 0 Å². The molecule has 5 heteroatoms. The molecule has 1 aromatic carbocycles. The van der Waals surface area contributed by atoms with Crippen molar-refractivity contribution in [3.63, 3.8) is 0 Å². The van der Waals surface area contributed by atoms with Crippen LogP contribution in [0.25, 0.3) is 0 Å². The number of amides is 1. The molecule has 3 rings (SSSR count). The van der Waals surface area contributed by atoms with Crippen molar-refractivity contribution in [1.82, 2.24) is 10.3 Å². The third-order valence-corrected chi connectivity index (χ3v) is 4.99. The highest BCUT2D eigenvalue weighted by Crippen LogP contribution is 2.19. The quantitative estimate of drug-likeness (QED) is 0.635. The van der Waals surface area contributed by atoms with E-state index in [1.807, 2.05) is 24.3 Å². The summed E-state index contributed by atoms with van der Waals surface area (Å²) in [6, 6.07) is 11.7. The van der Waals surface area contributed by atoms with Crippen LogP contribution in [0.4, 0.5) is 5.69 Å². The van der Waals surface area contributed by atoms with Gasteiger partial charge in [-0.3, -0.25) is 4.79 Å². The number of hydrogen-bond acceptors (Lipinski definition) is 4. The Balaban J connectivity index is 1.41. The van der Waals surface area contributed by atoms with Gasteiger partial charge in [0.05, 0.1) is 19.0 Å². The van der Waals surface area contributed by atoms with E-state index in [1.54, 1.807) is 19.4 Å². The minimum Gasteiger partial charge on any atom is -0.497 e. The maximum atomic E-state index is 12.2. The molecule has 1 aliphatic carbocycles. The highest BCUT2D eigenvalue weighted by atomic mass is 16.5. The van der Waals surface area contributed by atoms with Crippen molar-refractivity contribution in [1.29, 1.82) is 0 Å². The normalized spacial score (nSPS) is 13.5. The zero-order valence-corrected chi connectivity index (χ0v) is 16.5. The zero-order chi connectivity index (χ0) is 19.6. The Morgan fingerprint density at radius 2 is 2.07 bits per heavy atom. The second-order valence-corrected chi connectivity index (χ2v) is 7.07. The molecule has 2 aromatic rings. The zero-order valence-electron chi connectivity index (χ0n) is 16.5. The summed E-state index contributed by atoms with van der Waals surface area (Å²) in [4.78, 5) is 16.5. The van der Waals surface area contributed by atoms with E-state index in [4.69, 9.17) is 4.74 Å². The van der Waals surface area contributed by atoms with E-state index in [1.165, 1.54) is 36.8 Å². The van der Waals surface area contributed by atoms with Crippen LogP contribution in [0.5, 0.6) is 5.75 Å². The smallest absolute Gasteiger partial charge is 0.269 e. The number of anilines is 1. The number of rotatable bonds is 9. The lowest BCUT2D eigenvalue weighted by Gasteiger charge is -2.13. The SMILES string of the molecule is COc1cccc(CCNc2ccc(C(=O)NCCC3=CCCCC3)nc2)c1. The summed E-state index contributed by atoms with van der Waals surface area (Å²) in [5, 5.41) is 6.31.